The summed E-state index contributed by atoms with van der Waals surface area (Å²) in [4.78, 5) is 13.7. The second-order valence-electron chi connectivity index (χ2n) is 6.27. The van der Waals surface area contributed by atoms with E-state index in [1.807, 2.05) is 19.1 Å². The van der Waals surface area contributed by atoms with Crippen molar-refractivity contribution in [1.29, 1.82) is 0 Å². The number of nitrogens with one attached hydrogen (secondary N) is 1. The Hall–Kier alpha value is -1.89. The lowest BCUT2D eigenvalue weighted by Crippen LogP contribution is -2.37. The molecule has 0 unspecified atom stereocenters. The second kappa shape index (κ2) is 8.20. The second-order valence-corrected chi connectivity index (χ2v) is 8.41. The molecule has 0 aliphatic carbocycles. The van der Waals surface area contributed by atoms with Crippen molar-refractivity contribution in [3.63, 3.8) is 0 Å². The first kappa shape index (κ1) is 20.4. The number of nitrogens with zero attached hydrogens (tertiary/aromatic N) is 1. The number of aryl methyl sites for hydroxylation is 3. The van der Waals surface area contributed by atoms with Crippen LogP contribution in [0.1, 0.15) is 23.6 Å². The molecule has 0 aliphatic rings. The average Bonchev–Trinajstić information content (AvgIpc) is 2.51. The zero-order valence-electron chi connectivity index (χ0n) is 15.3. The fourth-order valence-corrected chi connectivity index (χ4v) is 4.64. The lowest BCUT2D eigenvalue weighted by atomic mass is 10.1. The third-order valence-electron chi connectivity index (χ3n) is 4.02. The van der Waals surface area contributed by atoms with Crippen LogP contribution >= 0.6 is 11.6 Å². The number of carbonyl (C=O) groups is 1. The van der Waals surface area contributed by atoms with Gasteiger partial charge in [0, 0.05) is 30.7 Å². The van der Waals surface area contributed by atoms with Gasteiger partial charge in [-0.3, -0.25) is 4.79 Å². The van der Waals surface area contributed by atoms with E-state index in [2.05, 4.69) is 4.72 Å². The number of benzene rings is 2. The van der Waals surface area contributed by atoms with Gasteiger partial charge in [-0.05, 0) is 56.2 Å². The van der Waals surface area contributed by atoms with Crippen LogP contribution in [-0.4, -0.2) is 27.4 Å². The number of hydrogen-bond donors (Lipinski definition) is 1. The van der Waals surface area contributed by atoms with E-state index in [1.165, 1.54) is 11.8 Å². The summed E-state index contributed by atoms with van der Waals surface area (Å²) in [6.45, 7) is 7.27. The van der Waals surface area contributed by atoms with E-state index in [4.69, 9.17) is 11.6 Å². The predicted molar refractivity (Wildman–Crippen MR) is 105 cm³/mol. The fourth-order valence-electron chi connectivity index (χ4n) is 3.04. The summed E-state index contributed by atoms with van der Waals surface area (Å²) in [5, 5.41) is 0.572. The molecule has 0 fully saturated rings. The number of carbonyl (C=O) groups excluding carboxylic acids is 1. The molecular formula is C19H23ClN2O3S. The first-order valence-electron chi connectivity index (χ1n) is 8.23. The number of halogens is 1. The minimum absolute atomic E-state index is 0.108. The standard InChI is InChI=1S/C19H23ClN2O3S/c1-13-11-14(2)19(15(3)12-13)26(24,25)21-9-10-22(16(4)23)18-7-5-17(20)6-8-18/h5-8,11-12,21H,9-10H2,1-4H3. The van der Waals surface area contributed by atoms with Gasteiger partial charge in [-0.2, -0.15) is 0 Å². The zero-order chi connectivity index (χ0) is 19.5. The van der Waals surface area contributed by atoms with E-state index in [-0.39, 0.29) is 19.0 Å². The molecule has 26 heavy (non-hydrogen) atoms. The van der Waals surface area contributed by atoms with Crippen LogP contribution in [0.2, 0.25) is 5.02 Å². The Bertz CT molecular complexity index is 886. The van der Waals surface area contributed by atoms with Crippen LogP contribution in [0.4, 0.5) is 5.69 Å². The first-order valence-corrected chi connectivity index (χ1v) is 10.1. The Morgan fingerprint density at radius 2 is 1.62 bits per heavy atom. The maximum atomic E-state index is 12.7. The van der Waals surface area contributed by atoms with Gasteiger partial charge >= 0.3 is 0 Å². The monoisotopic (exact) mass is 394 g/mol. The van der Waals surface area contributed by atoms with Crippen LogP contribution in [0, 0.1) is 20.8 Å². The quantitative estimate of drug-likeness (QED) is 0.814. The Kier molecular flexibility index (Phi) is 6.44. The fraction of sp³-hybridized carbons (Fsp3) is 0.316. The molecule has 0 aromatic heterocycles. The lowest BCUT2D eigenvalue weighted by molar-refractivity contribution is -0.116. The van der Waals surface area contributed by atoms with Crippen LogP contribution in [0.3, 0.4) is 0 Å². The van der Waals surface area contributed by atoms with Crippen molar-refractivity contribution in [2.45, 2.75) is 32.6 Å². The van der Waals surface area contributed by atoms with Crippen LogP contribution < -0.4 is 9.62 Å². The molecule has 1 amide bonds. The van der Waals surface area contributed by atoms with Crippen LogP contribution in [-0.2, 0) is 14.8 Å². The molecule has 0 atom stereocenters. The molecule has 5 nitrogen and oxygen atoms in total. The van der Waals surface area contributed by atoms with Gasteiger partial charge in [-0.15, -0.1) is 0 Å². The molecule has 2 rings (SSSR count). The SMILES string of the molecule is CC(=O)N(CCNS(=O)(=O)c1c(C)cc(C)cc1C)c1ccc(Cl)cc1. The molecular weight excluding hydrogens is 372 g/mol. The molecule has 2 aromatic rings. The van der Waals surface area contributed by atoms with Gasteiger partial charge in [-0.25, -0.2) is 13.1 Å². The first-order chi connectivity index (χ1) is 12.1. The Labute approximate surface area is 160 Å². The summed E-state index contributed by atoms with van der Waals surface area (Å²) in [6.07, 6.45) is 0. The minimum atomic E-state index is -3.66. The smallest absolute Gasteiger partial charge is 0.241 e. The summed E-state index contributed by atoms with van der Waals surface area (Å²) in [7, 11) is -3.66. The molecule has 2 aromatic carbocycles. The highest BCUT2D eigenvalue weighted by Gasteiger charge is 2.20. The van der Waals surface area contributed by atoms with Gasteiger partial charge in [0.25, 0.3) is 0 Å². The van der Waals surface area contributed by atoms with E-state index in [9.17, 15) is 13.2 Å². The van der Waals surface area contributed by atoms with Crippen molar-refractivity contribution in [1.82, 2.24) is 4.72 Å². The number of sulfonamides is 1. The number of anilines is 1. The molecule has 7 heteroatoms. The average molecular weight is 395 g/mol. The van der Waals surface area contributed by atoms with Gasteiger partial charge in [-0.1, -0.05) is 29.3 Å². The Balaban J connectivity index is 2.14. The van der Waals surface area contributed by atoms with E-state index < -0.39 is 10.0 Å². The maximum absolute atomic E-state index is 12.7. The van der Waals surface area contributed by atoms with Crippen LogP contribution in [0.15, 0.2) is 41.3 Å². The molecule has 0 heterocycles. The van der Waals surface area contributed by atoms with Crippen LogP contribution in [0.25, 0.3) is 0 Å². The van der Waals surface area contributed by atoms with E-state index in [0.29, 0.717) is 26.7 Å². The molecule has 0 spiro atoms. The molecule has 0 saturated carbocycles. The lowest BCUT2D eigenvalue weighted by Gasteiger charge is -2.22. The van der Waals surface area contributed by atoms with Gasteiger partial charge in [0.1, 0.15) is 0 Å². The number of amides is 1. The molecule has 0 aliphatic heterocycles. The summed E-state index contributed by atoms with van der Waals surface area (Å²) in [6, 6.07) is 10.5. The third kappa shape index (κ3) is 4.84. The van der Waals surface area contributed by atoms with Gasteiger partial charge in [0.2, 0.25) is 15.9 Å². The number of hydrogen-bond acceptors (Lipinski definition) is 3. The predicted octanol–water partition coefficient (Wildman–Crippen LogP) is 3.60. The summed E-state index contributed by atoms with van der Waals surface area (Å²) in [5.74, 6) is -0.172. The van der Waals surface area contributed by atoms with Gasteiger partial charge in [0.05, 0.1) is 4.90 Å². The van der Waals surface area contributed by atoms with E-state index >= 15 is 0 Å². The van der Waals surface area contributed by atoms with Crippen molar-refractivity contribution in [2.75, 3.05) is 18.0 Å². The third-order valence-corrected chi connectivity index (χ3v) is 6.04. The zero-order valence-corrected chi connectivity index (χ0v) is 16.9. The van der Waals surface area contributed by atoms with E-state index in [0.717, 1.165) is 5.56 Å². The summed E-state index contributed by atoms with van der Waals surface area (Å²) < 4.78 is 28.0. The van der Waals surface area contributed by atoms with Crippen molar-refractivity contribution >= 4 is 33.2 Å². The minimum Gasteiger partial charge on any atom is -0.311 e. The summed E-state index contributed by atoms with van der Waals surface area (Å²) >= 11 is 5.87. The van der Waals surface area contributed by atoms with Crippen molar-refractivity contribution in [2.24, 2.45) is 0 Å². The highest BCUT2D eigenvalue weighted by atomic mass is 35.5. The normalized spacial score (nSPS) is 11.4. The highest BCUT2D eigenvalue weighted by molar-refractivity contribution is 7.89. The Morgan fingerprint density at radius 1 is 1.08 bits per heavy atom. The highest BCUT2D eigenvalue weighted by Crippen LogP contribution is 2.22. The molecule has 0 bridgehead atoms. The molecule has 1 N–H and O–H groups in total. The van der Waals surface area contributed by atoms with E-state index in [1.54, 1.807) is 38.1 Å². The topological polar surface area (TPSA) is 66.5 Å². The van der Waals surface area contributed by atoms with Gasteiger partial charge in [0.15, 0.2) is 0 Å². The van der Waals surface area contributed by atoms with Crippen LogP contribution in [0.5, 0.6) is 0 Å². The molecule has 140 valence electrons. The van der Waals surface area contributed by atoms with Crippen molar-refractivity contribution < 1.29 is 13.2 Å². The largest absolute Gasteiger partial charge is 0.311 e. The Morgan fingerprint density at radius 3 is 2.12 bits per heavy atom. The molecule has 0 radical (unpaired) electrons. The molecule has 0 saturated heterocycles. The number of rotatable bonds is 6. The van der Waals surface area contributed by atoms with Crippen molar-refractivity contribution in [3.05, 3.63) is 58.1 Å². The maximum Gasteiger partial charge on any atom is 0.241 e. The summed E-state index contributed by atoms with van der Waals surface area (Å²) in [5.41, 5.74) is 3.10. The van der Waals surface area contributed by atoms with Crippen molar-refractivity contribution in [3.8, 4) is 0 Å². The van der Waals surface area contributed by atoms with Gasteiger partial charge < -0.3 is 4.90 Å².